The van der Waals surface area contributed by atoms with E-state index in [-0.39, 0.29) is 22.6 Å². The SMILES string of the molecule is Oc1c(Cl)ccc(C2CCCN2)c1O. The van der Waals surface area contributed by atoms with Gasteiger partial charge in [-0.15, -0.1) is 0 Å². The van der Waals surface area contributed by atoms with Crippen molar-refractivity contribution in [2.75, 3.05) is 6.54 Å². The molecule has 1 atom stereocenters. The van der Waals surface area contributed by atoms with Crippen molar-refractivity contribution in [3.8, 4) is 11.5 Å². The number of phenols is 2. The molecule has 1 aliphatic heterocycles. The summed E-state index contributed by atoms with van der Waals surface area (Å²) in [7, 11) is 0. The summed E-state index contributed by atoms with van der Waals surface area (Å²) in [5.74, 6) is -0.324. The van der Waals surface area contributed by atoms with Gasteiger partial charge in [0.15, 0.2) is 11.5 Å². The molecule has 0 aromatic heterocycles. The van der Waals surface area contributed by atoms with Gasteiger partial charge in [0.1, 0.15) is 0 Å². The van der Waals surface area contributed by atoms with Crippen LogP contribution in [0.2, 0.25) is 5.02 Å². The Hall–Kier alpha value is -0.930. The highest BCUT2D eigenvalue weighted by Gasteiger charge is 2.21. The maximum Gasteiger partial charge on any atom is 0.176 e. The van der Waals surface area contributed by atoms with E-state index >= 15 is 0 Å². The molecule has 1 heterocycles. The largest absolute Gasteiger partial charge is 0.504 e. The second kappa shape index (κ2) is 3.67. The number of hydrogen-bond donors (Lipinski definition) is 3. The molecule has 0 radical (unpaired) electrons. The summed E-state index contributed by atoms with van der Waals surface area (Å²) in [5.41, 5.74) is 0.726. The molecule has 1 unspecified atom stereocenters. The predicted octanol–water partition coefficient (Wildman–Crippen LogP) is 2.18. The monoisotopic (exact) mass is 213 g/mol. The molecular formula is C10H12ClNO2. The normalized spacial score (nSPS) is 21.4. The first-order chi connectivity index (χ1) is 6.70. The molecule has 1 aromatic carbocycles. The predicted molar refractivity (Wildman–Crippen MR) is 54.8 cm³/mol. The minimum Gasteiger partial charge on any atom is -0.504 e. The Bertz CT molecular complexity index is 348. The molecule has 1 fully saturated rings. The summed E-state index contributed by atoms with van der Waals surface area (Å²) in [6, 6.07) is 3.49. The van der Waals surface area contributed by atoms with Crippen molar-refractivity contribution >= 4 is 11.6 Å². The Balaban J connectivity index is 2.38. The quantitative estimate of drug-likeness (QED) is 0.627. The highest BCUT2D eigenvalue weighted by molar-refractivity contribution is 6.32. The van der Waals surface area contributed by atoms with Gasteiger partial charge in [0, 0.05) is 11.6 Å². The molecule has 1 aliphatic rings. The van der Waals surface area contributed by atoms with Crippen LogP contribution in [0.3, 0.4) is 0 Å². The minimum atomic E-state index is -0.224. The van der Waals surface area contributed by atoms with Crippen molar-refractivity contribution in [3.63, 3.8) is 0 Å². The number of benzene rings is 1. The van der Waals surface area contributed by atoms with E-state index in [2.05, 4.69) is 5.32 Å². The van der Waals surface area contributed by atoms with Crippen LogP contribution in [0.25, 0.3) is 0 Å². The topological polar surface area (TPSA) is 52.5 Å². The van der Waals surface area contributed by atoms with E-state index in [0.29, 0.717) is 0 Å². The molecule has 1 aromatic rings. The van der Waals surface area contributed by atoms with Crippen LogP contribution in [0.5, 0.6) is 11.5 Å². The number of phenolic OH excluding ortho intramolecular Hbond substituents is 2. The first-order valence-electron chi connectivity index (χ1n) is 4.64. The van der Waals surface area contributed by atoms with E-state index < -0.39 is 0 Å². The Kier molecular flexibility index (Phi) is 2.52. The third-order valence-corrected chi connectivity index (χ3v) is 2.87. The fourth-order valence-corrected chi connectivity index (χ4v) is 1.95. The average Bonchev–Trinajstić information content (AvgIpc) is 2.67. The van der Waals surface area contributed by atoms with Gasteiger partial charge in [-0.05, 0) is 25.5 Å². The number of nitrogens with one attached hydrogen (secondary N) is 1. The molecule has 76 valence electrons. The zero-order valence-corrected chi connectivity index (χ0v) is 8.38. The molecule has 0 aliphatic carbocycles. The van der Waals surface area contributed by atoms with Crippen molar-refractivity contribution in [2.24, 2.45) is 0 Å². The maximum atomic E-state index is 9.66. The first-order valence-corrected chi connectivity index (χ1v) is 5.01. The van der Waals surface area contributed by atoms with Gasteiger partial charge in [-0.2, -0.15) is 0 Å². The van der Waals surface area contributed by atoms with Gasteiger partial charge in [-0.3, -0.25) is 0 Å². The van der Waals surface area contributed by atoms with Crippen LogP contribution in [-0.4, -0.2) is 16.8 Å². The Morgan fingerprint density at radius 3 is 2.71 bits per heavy atom. The number of aromatic hydroxyl groups is 2. The number of hydrogen-bond acceptors (Lipinski definition) is 3. The molecule has 3 nitrogen and oxygen atoms in total. The van der Waals surface area contributed by atoms with E-state index in [1.807, 2.05) is 0 Å². The molecule has 0 spiro atoms. The van der Waals surface area contributed by atoms with Gasteiger partial charge in [0.2, 0.25) is 0 Å². The summed E-state index contributed by atoms with van der Waals surface area (Å²) in [6.45, 7) is 0.952. The summed E-state index contributed by atoms with van der Waals surface area (Å²) in [5, 5.41) is 22.5. The number of halogens is 1. The fourth-order valence-electron chi connectivity index (χ4n) is 1.80. The third kappa shape index (κ3) is 1.53. The second-order valence-electron chi connectivity index (χ2n) is 3.48. The Morgan fingerprint density at radius 2 is 2.07 bits per heavy atom. The molecule has 0 saturated carbocycles. The maximum absolute atomic E-state index is 9.66. The van der Waals surface area contributed by atoms with Gasteiger partial charge < -0.3 is 15.5 Å². The van der Waals surface area contributed by atoms with Gasteiger partial charge in [-0.25, -0.2) is 0 Å². The van der Waals surface area contributed by atoms with Crippen LogP contribution in [0, 0.1) is 0 Å². The molecule has 14 heavy (non-hydrogen) atoms. The lowest BCUT2D eigenvalue weighted by Gasteiger charge is -2.13. The van der Waals surface area contributed by atoms with Crippen molar-refractivity contribution < 1.29 is 10.2 Å². The highest BCUT2D eigenvalue weighted by atomic mass is 35.5. The standard InChI is InChI=1S/C10H12ClNO2/c11-7-4-3-6(9(13)10(7)14)8-2-1-5-12-8/h3-4,8,12-14H,1-2,5H2. The van der Waals surface area contributed by atoms with Crippen LogP contribution in [0.4, 0.5) is 0 Å². The molecule has 2 rings (SSSR count). The molecule has 1 saturated heterocycles. The molecule has 4 heteroatoms. The van der Waals surface area contributed by atoms with E-state index in [1.54, 1.807) is 12.1 Å². The van der Waals surface area contributed by atoms with Gasteiger partial charge >= 0.3 is 0 Å². The van der Waals surface area contributed by atoms with Crippen LogP contribution >= 0.6 is 11.6 Å². The van der Waals surface area contributed by atoms with Gasteiger partial charge in [-0.1, -0.05) is 17.7 Å². The zero-order valence-electron chi connectivity index (χ0n) is 7.63. The fraction of sp³-hybridized carbons (Fsp3) is 0.400. The minimum absolute atomic E-state index is 0.100. The van der Waals surface area contributed by atoms with Crippen molar-refractivity contribution in [1.82, 2.24) is 5.32 Å². The molecular weight excluding hydrogens is 202 g/mol. The zero-order chi connectivity index (χ0) is 10.1. The first kappa shape index (κ1) is 9.62. The molecule has 0 amide bonds. The Labute approximate surface area is 87.3 Å². The second-order valence-corrected chi connectivity index (χ2v) is 3.89. The summed E-state index contributed by atoms with van der Waals surface area (Å²) in [4.78, 5) is 0. The summed E-state index contributed by atoms with van der Waals surface area (Å²) in [6.07, 6.45) is 2.07. The highest BCUT2D eigenvalue weighted by Crippen LogP contribution is 2.40. The van der Waals surface area contributed by atoms with Crippen molar-refractivity contribution in [1.29, 1.82) is 0 Å². The van der Waals surface area contributed by atoms with Crippen LogP contribution in [-0.2, 0) is 0 Å². The van der Waals surface area contributed by atoms with Gasteiger partial charge in [0.25, 0.3) is 0 Å². The van der Waals surface area contributed by atoms with Crippen LogP contribution < -0.4 is 5.32 Å². The van der Waals surface area contributed by atoms with Crippen LogP contribution in [0.1, 0.15) is 24.4 Å². The van der Waals surface area contributed by atoms with Crippen LogP contribution in [0.15, 0.2) is 12.1 Å². The van der Waals surface area contributed by atoms with Crippen molar-refractivity contribution in [2.45, 2.75) is 18.9 Å². The lowest BCUT2D eigenvalue weighted by Crippen LogP contribution is -2.12. The number of rotatable bonds is 1. The molecule has 3 N–H and O–H groups in total. The van der Waals surface area contributed by atoms with E-state index in [1.165, 1.54) is 0 Å². The molecule has 0 bridgehead atoms. The summed E-state index contributed by atoms with van der Waals surface area (Å²) < 4.78 is 0. The lowest BCUT2D eigenvalue weighted by molar-refractivity contribution is 0.394. The third-order valence-electron chi connectivity index (χ3n) is 2.57. The van der Waals surface area contributed by atoms with E-state index in [4.69, 9.17) is 11.6 Å². The van der Waals surface area contributed by atoms with Crippen molar-refractivity contribution in [3.05, 3.63) is 22.7 Å². The van der Waals surface area contributed by atoms with Gasteiger partial charge in [0.05, 0.1) is 5.02 Å². The average molecular weight is 214 g/mol. The smallest absolute Gasteiger partial charge is 0.176 e. The van der Waals surface area contributed by atoms with E-state index in [0.717, 1.165) is 24.9 Å². The lowest BCUT2D eigenvalue weighted by atomic mass is 10.0. The Morgan fingerprint density at radius 1 is 1.29 bits per heavy atom. The summed E-state index contributed by atoms with van der Waals surface area (Å²) >= 11 is 5.66. The van der Waals surface area contributed by atoms with E-state index in [9.17, 15) is 10.2 Å².